The van der Waals surface area contributed by atoms with Gasteiger partial charge in [0.1, 0.15) is 18.3 Å². The summed E-state index contributed by atoms with van der Waals surface area (Å²) in [6.07, 6.45) is 0.0311. The van der Waals surface area contributed by atoms with Crippen molar-refractivity contribution in [2.45, 2.75) is 62.6 Å². The van der Waals surface area contributed by atoms with Crippen molar-refractivity contribution in [3.63, 3.8) is 0 Å². The van der Waals surface area contributed by atoms with Crippen LogP contribution in [0.2, 0.25) is 0 Å². The van der Waals surface area contributed by atoms with Gasteiger partial charge in [-0.15, -0.1) is 0 Å². The van der Waals surface area contributed by atoms with Crippen molar-refractivity contribution in [3.05, 3.63) is 11.8 Å². The van der Waals surface area contributed by atoms with E-state index in [-0.39, 0.29) is 18.4 Å². The van der Waals surface area contributed by atoms with E-state index < -0.39 is 42.2 Å². The molecule has 2 rings (SSSR count). The van der Waals surface area contributed by atoms with Crippen LogP contribution in [-0.2, 0) is 14.3 Å². The normalized spacial score (nSPS) is 29.9. The number of nitrogens with one attached hydrogen (secondary N) is 1. The molecule has 1 heterocycles. The maximum absolute atomic E-state index is 12.1. The molecule has 9 nitrogen and oxygen atoms in total. The summed E-state index contributed by atoms with van der Waals surface area (Å²) in [5.41, 5.74) is 5.73. The van der Waals surface area contributed by atoms with Gasteiger partial charge in [0.15, 0.2) is 0 Å². The molecule has 1 aliphatic carbocycles. The van der Waals surface area contributed by atoms with Crippen LogP contribution in [-0.4, -0.2) is 69.3 Å². The summed E-state index contributed by atoms with van der Waals surface area (Å²) in [5, 5.41) is 41.6. The SMILES string of the molecule is N[C@@H]1C(O)C=C(C(=O)O)OC1[C@@H](O)[C@@H](O)CNC(=O)C1CCCCC1. The predicted octanol–water partition coefficient (Wildman–Crippen LogP) is -1.54. The van der Waals surface area contributed by atoms with Crippen molar-refractivity contribution >= 4 is 11.9 Å². The molecule has 7 N–H and O–H groups in total. The number of carbonyl (C=O) groups is 2. The highest BCUT2D eigenvalue weighted by molar-refractivity contribution is 5.84. The molecule has 0 aromatic carbocycles. The number of ether oxygens (including phenoxy) is 1. The molecule has 0 aromatic rings. The minimum atomic E-state index is -1.57. The molecule has 1 amide bonds. The van der Waals surface area contributed by atoms with Crippen LogP contribution in [0, 0.1) is 5.92 Å². The van der Waals surface area contributed by atoms with Crippen molar-refractivity contribution < 1.29 is 34.8 Å². The Kier molecular flexibility index (Phi) is 6.77. The van der Waals surface area contributed by atoms with Gasteiger partial charge in [0.05, 0.1) is 12.1 Å². The number of aliphatic carboxylic acids is 1. The van der Waals surface area contributed by atoms with E-state index in [0.29, 0.717) is 0 Å². The van der Waals surface area contributed by atoms with Gasteiger partial charge in [0, 0.05) is 12.5 Å². The Bertz CT molecular complexity index is 519. The fourth-order valence-electron chi connectivity index (χ4n) is 3.20. The Hall–Kier alpha value is -1.68. The number of carboxylic acids is 1. The first-order valence-electron chi connectivity index (χ1n) is 8.50. The molecule has 0 spiro atoms. The molecule has 0 radical (unpaired) electrons. The highest BCUT2D eigenvalue weighted by Gasteiger charge is 2.40. The van der Waals surface area contributed by atoms with E-state index in [1.54, 1.807) is 0 Å². The third kappa shape index (κ3) is 4.91. The van der Waals surface area contributed by atoms with E-state index in [2.05, 4.69) is 5.32 Å². The molecule has 2 aliphatic rings. The first-order valence-corrected chi connectivity index (χ1v) is 8.50. The molecular formula is C16H26N2O7. The van der Waals surface area contributed by atoms with E-state index in [0.717, 1.165) is 38.2 Å². The van der Waals surface area contributed by atoms with Crippen molar-refractivity contribution in [1.29, 1.82) is 0 Å². The third-order valence-corrected chi connectivity index (χ3v) is 4.76. The largest absolute Gasteiger partial charge is 0.479 e. The van der Waals surface area contributed by atoms with Crippen LogP contribution in [0.3, 0.4) is 0 Å². The van der Waals surface area contributed by atoms with E-state index >= 15 is 0 Å². The zero-order valence-corrected chi connectivity index (χ0v) is 13.9. The lowest BCUT2D eigenvalue weighted by Gasteiger charge is -2.36. The van der Waals surface area contributed by atoms with Gasteiger partial charge in [0.25, 0.3) is 0 Å². The van der Waals surface area contributed by atoms with E-state index in [9.17, 15) is 24.9 Å². The molecule has 0 bridgehead atoms. The van der Waals surface area contributed by atoms with Crippen molar-refractivity contribution in [2.24, 2.45) is 11.7 Å². The Morgan fingerprint density at radius 1 is 1.28 bits per heavy atom. The second-order valence-electron chi connectivity index (χ2n) is 6.62. The van der Waals surface area contributed by atoms with Crippen LogP contribution in [0.5, 0.6) is 0 Å². The summed E-state index contributed by atoms with van der Waals surface area (Å²) >= 11 is 0. The smallest absolute Gasteiger partial charge is 0.370 e. The molecule has 9 heteroatoms. The second-order valence-corrected chi connectivity index (χ2v) is 6.62. The monoisotopic (exact) mass is 358 g/mol. The lowest BCUT2D eigenvalue weighted by Crippen LogP contribution is -2.58. The summed E-state index contributed by atoms with van der Waals surface area (Å²) in [4.78, 5) is 23.1. The van der Waals surface area contributed by atoms with Gasteiger partial charge in [-0.25, -0.2) is 4.79 Å². The summed E-state index contributed by atoms with van der Waals surface area (Å²) in [6.45, 7) is -0.217. The van der Waals surface area contributed by atoms with Crippen molar-refractivity contribution in [1.82, 2.24) is 5.32 Å². The maximum Gasteiger partial charge on any atom is 0.370 e. The average molecular weight is 358 g/mol. The average Bonchev–Trinajstić information content (AvgIpc) is 2.61. The lowest BCUT2D eigenvalue weighted by atomic mass is 9.88. The van der Waals surface area contributed by atoms with Crippen molar-refractivity contribution in [3.8, 4) is 0 Å². The quantitative estimate of drug-likeness (QED) is 0.333. The first-order chi connectivity index (χ1) is 11.8. The van der Waals surface area contributed by atoms with Gasteiger partial charge in [-0.2, -0.15) is 0 Å². The van der Waals surface area contributed by atoms with Gasteiger partial charge in [-0.1, -0.05) is 19.3 Å². The second kappa shape index (κ2) is 8.61. The summed E-state index contributed by atoms with van der Waals surface area (Å²) in [7, 11) is 0. The summed E-state index contributed by atoms with van der Waals surface area (Å²) < 4.78 is 5.09. The maximum atomic E-state index is 12.1. The predicted molar refractivity (Wildman–Crippen MR) is 86.2 cm³/mol. The van der Waals surface area contributed by atoms with Crippen LogP contribution >= 0.6 is 0 Å². The zero-order chi connectivity index (χ0) is 18.6. The van der Waals surface area contributed by atoms with E-state index in [1.165, 1.54) is 0 Å². The first kappa shape index (κ1) is 19.6. The van der Waals surface area contributed by atoms with Crippen LogP contribution in [0.15, 0.2) is 11.8 Å². The van der Waals surface area contributed by atoms with Gasteiger partial charge in [-0.05, 0) is 18.9 Å². The highest BCUT2D eigenvalue weighted by atomic mass is 16.5. The third-order valence-electron chi connectivity index (χ3n) is 4.76. The number of aliphatic hydroxyl groups is 3. The van der Waals surface area contributed by atoms with Gasteiger partial charge in [0.2, 0.25) is 11.7 Å². The van der Waals surface area contributed by atoms with Gasteiger partial charge >= 0.3 is 5.97 Å². The molecule has 142 valence electrons. The number of nitrogens with two attached hydrogens (primary N) is 1. The molecule has 0 aromatic heterocycles. The number of hydrogen-bond acceptors (Lipinski definition) is 7. The zero-order valence-electron chi connectivity index (χ0n) is 13.9. The topological polar surface area (TPSA) is 162 Å². The van der Waals surface area contributed by atoms with Crippen LogP contribution in [0.4, 0.5) is 0 Å². The summed E-state index contributed by atoms with van der Waals surface area (Å²) in [5.74, 6) is -2.22. The van der Waals surface area contributed by atoms with Crippen LogP contribution in [0.25, 0.3) is 0 Å². The molecule has 25 heavy (non-hydrogen) atoms. The van der Waals surface area contributed by atoms with Gasteiger partial charge < -0.3 is 36.2 Å². The van der Waals surface area contributed by atoms with Gasteiger partial charge in [-0.3, -0.25) is 4.79 Å². The van der Waals surface area contributed by atoms with Crippen LogP contribution < -0.4 is 11.1 Å². The molecule has 5 atom stereocenters. The number of amides is 1. The number of carbonyl (C=O) groups excluding carboxylic acids is 1. The van der Waals surface area contributed by atoms with Crippen LogP contribution in [0.1, 0.15) is 32.1 Å². The number of carboxylic acid groups (broad SMARTS) is 1. The van der Waals surface area contributed by atoms with Crippen molar-refractivity contribution in [2.75, 3.05) is 6.54 Å². The minimum Gasteiger partial charge on any atom is -0.479 e. The number of rotatable bonds is 6. The highest BCUT2D eigenvalue weighted by Crippen LogP contribution is 2.24. The standard InChI is InChI=1S/C16H26N2O7/c17-12-9(19)6-11(16(23)24)25-14(12)13(21)10(20)7-18-15(22)8-4-2-1-3-5-8/h6,8-10,12-14,19-21H,1-5,7,17H2,(H,18,22)(H,23,24)/t9?,10-,12+,13-,14?/m0/s1. The van der Waals surface area contributed by atoms with E-state index in [4.69, 9.17) is 15.6 Å². The molecule has 2 unspecified atom stereocenters. The fraction of sp³-hybridized carbons (Fsp3) is 0.750. The number of aliphatic hydroxyl groups excluding tert-OH is 3. The molecular weight excluding hydrogens is 332 g/mol. The Labute approximate surface area is 145 Å². The van der Waals surface area contributed by atoms with E-state index in [1.807, 2.05) is 0 Å². The molecule has 1 saturated carbocycles. The number of hydrogen-bond donors (Lipinski definition) is 6. The Balaban J connectivity index is 1.90. The lowest BCUT2D eigenvalue weighted by molar-refractivity contribution is -0.145. The summed E-state index contributed by atoms with van der Waals surface area (Å²) in [6, 6.07) is -1.11. The Morgan fingerprint density at radius 2 is 1.92 bits per heavy atom. The Morgan fingerprint density at radius 3 is 2.52 bits per heavy atom. The minimum absolute atomic E-state index is 0.0883. The molecule has 0 saturated heterocycles. The fourth-order valence-corrected chi connectivity index (χ4v) is 3.20. The molecule has 1 aliphatic heterocycles. The molecule has 1 fully saturated rings.